The lowest BCUT2D eigenvalue weighted by Gasteiger charge is -2.07. The molecule has 2 rings (SSSR count). The van der Waals surface area contributed by atoms with Crippen molar-refractivity contribution in [3.63, 3.8) is 0 Å². The van der Waals surface area contributed by atoms with Crippen molar-refractivity contribution in [2.24, 2.45) is 5.14 Å². The summed E-state index contributed by atoms with van der Waals surface area (Å²) in [7, 11) is -4.00. The highest BCUT2D eigenvalue weighted by molar-refractivity contribution is 7.84. The fourth-order valence-electron chi connectivity index (χ4n) is 1.47. The lowest BCUT2D eigenvalue weighted by atomic mass is 10.3. The average molecular weight is 290 g/mol. The number of hydrogen-bond donors (Lipinski definition) is 1. The summed E-state index contributed by atoms with van der Waals surface area (Å²) in [5.74, 6) is 0.954. The first-order valence-corrected chi connectivity index (χ1v) is 6.25. The Morgan fingerprint density at radius 1 is 1.39 bits per heavy atom. The molecule has 98 valence electrons. The minimum absolute atomic E-state index is 0. The third kappa shape index (κ3) is 3.46. The lowest BCUT2D eigenvalue weighted by molar-refractivity contribution is 0.487. The van der Waals surface area contributed by atoms with Crippen molar-refractivity contribution in [1.29, 1.82) is 0 Å². The van der Waals surface area contributed by atoms with Crippen LogP contribution in [-0.4, -0.2) is 18.0 Å². The number of rotatable bonds is 3. The maximum absolute atomic E-state index is 10.8. The van der Waals surface area contributed by atoms with Crippen LogP contribution >= 0.6 is 12.4 Å². The molecule has 0 aliphatic heterocycles. The van der Waals surface area contributed by atoms with Crippen molar-refractivity contribution in [1.82, 2.24) is 9.55 Å². The molecular formula is C10H12ClN3O3S. The van der Waals surface area contributed by atoms with Crippen LogP contribution in [0, 0.1) is 6.92 Å². The van der Waals surface area contributed by atoms with Crippen molar-refractivity contribution < 1.29 is 12.6 Å². The fourth-order valence-corrected chi connectivity index (χ4v) is 1.84. The summed E-state index contributed by atoms with van der Waals surface area (Å²) < 4.78 is 28.0. The highest BCUT2D eigenvalue weighted by Crippen LogP contribution is 2.18. The van der Waals surface area contributed by atoms with Crippen LogP contribution < -0.4 is 9.32 Å². The Bertz CT molecular complexity index is 639. The van der Waals surface area contributed by atoms with Gasteiger partial charge >= 0.3 is 10.3 Å². The van der Waals surface area contributed by atoms with E-state index in [4.69, 9.17) is 5.14 Å². The Morgan fingerprint density at radius 2 is 2.11 bits per heavy atom. The van der Waals surface area contributed by atoms with Gasteiger partial charge in [-0.25, -0.2) is 4.98 Å². The molecule has 0 fully saturated rings. The van der Waals surface area contributed by atoms with Gasteiger partial charge in [-0.2, -0.15) is 13.6 Å². The van der Waals surface area contributed by atoms with Gasteiger partial charge in [0.1, 0.15) is 11.6 Å². The fraction of sp³-hybridized carbons (Fsp3) is 0.100. The minimum atomic E-state index is -4.00. The van der Waals surface area contributed by atoms with Crippen LogP contribution in [0.5, 0.6) is 5.75 Å². The van der Waals surface area contributed by atoms with Crippen molar-refractivity contribution >= 4 is 22.7 Å². The van der Waals surface area contributed by atoms with Crippen molar-refractivity contribution in [3.05, 3.63) is 42.5 Å². The van der Waals surface area contributed by atoms with Crippen molar-refractivity contribution in [3.8, 4) is 11.4 Å². The highest BCUT2D eigenvalue weighted by atomic mass is 35.5. The van der Waals surface area contributed by atoms with E-state index in [9.17, 15) is 8.42 Å². The number of nitrogens with two attached hydrogens (primary N) is 1. The van der Waals surface area contributed by atoms with Crippen LogP contribution in [0.1, 0.15) is 5.82 Å². The second kappa shape index (κ2) is 5.38. The first kappa shape index (κ1) is 14.5. The zero-order valence-electron chi connectivity index (χ0n) is 9.48. The number of hydrogen-bond acceptors (Lipinski definition) is 4. The standard InChI is InChI=1S/C10H11N3O3S.ClH/c1-8-12-5-6-13(8)9-3-2-4-10(7-9)16-17(11,14)15;/h2-7H,1H3,(H2,11,14,15);1H. The van der Waals surface area contributed by atoms with Crippen molar-refractivity contribution in [2.45, 2.75) is 6.92 Å². The van der Waals surface area contributed by atoms with Gasteiger partial charge in [0.25, 0.3) is 0 Å². The largest absolute Gasteiger partial charge is 0.380 e. The Balaban J connectivity index is 0.00000162. The molecule has 0 radical (unpaired) electrons. The van der Waals surface area contributed by atoms with E-state index in [0.29, 0.717) is 0 Å². The Labute approximate surface area is 111 Å². The van der Waals surface area contributed by atoms with Crippen LogP contribution in [0.3, 0.4) is 0 Å². The van der Waals surface area contributed by atoms with Gasteiger partial charge < -0.3 is 8.75 Å². The second-order valence-electron chi connectivity index (χ2n) is 3.42. The topological polar surface area (TPSA) is 87.2 Å². The molecule has 0 saturated carbocycles. The molecule has 0 saturated heterocycles. The maximum Gasteiger partial charge on any atom is 0.380 e. The summed E-state index contributed by atoms with van der Waals surface area (Å²) in [6, 6.07) is 6.57. The van der Waals surface area contributed by atoms with E-state index in [1.807, 2.05) is 13.0 Å². The molecule has 0 atom stereocenters. The zero-order valence-corrected chi connectivity index (χ0v) is 11.1. The molecule has 1 aromatic carbocycles. The molecule has 0 bridgehead atoms. The molecule has 2 aromatic rings. The monoisotopic (exact) mass is 289 g/mol. The van der Waals surface area contributed by atoms with E-state index in [0.717, 1.165) is 11.5 Å². The van der Waals surface area contributed by atoms with Gasteiger partial charge in [0.05, 0.1) is 5.69 Å². The van der Waals surface area contributed by atoms with Crippen LogP contribution in [0.25, 0.3) is 5.69 Å². The lowest BCUT2D eigenvalue weighted by Crippen LogP contribution is -2.19. The van der Waals surface area contributed by atoms with Gasteiger partial charge in [0.15, 0.2) is 0 Å². The molecule has 18 heavy (non-hydrogen) atoms. The predicted molar refractivity (Wildman–Crippen MR) is 69.3 cm³/mol. The van der Waals surface area contributed by atoms with Gasteiger partial charge in [0, 0.05) is 18.5 Å². The minimum Gasteiger partial charge on any atom is -0.371 e. The van der Waals surface area contributed by atoms with E-state index in [-0.39, 0.29) is 18.2 Å². The molecule has 1 aromatic heterocycles. The van der Waals surface area contributed by atoms with Crippen LogP contribution in [-0.2, 0) is 10.3 Å². The average Bonchev–Trinajstić information content (AvgIpc) is 2.62. The van der Waals surface area contributed by atoms with E-state index in [1.165, 1.54) is 6.07 Å². The van der Waals surface area contributed by atoms with Gasteiger partial charge in [-0.05, 0) is 19.1 Å². The quantitative estimate of drug-likeness (QED) is 0.919. The molecule has 0 amide bonds. The molecule has 1 heterocycles. The zero-order chi connectivity index (χ0) is 12.5. The number of aryl methyl sites for hydroxylation is 1. The molecule has 0 unspecified atom stereocenters. The van der Waals surface area contributed by atoms with Gasteiger partial charge in [0.2, 0.25) is 0 Å². The number of nitrogens with zero attached hydrogens (tertiary/aromatic N) is 2. The Kier molecular flexibility index (Phi) is 4.33. The summed E-state index contributed by atoms with van der Waals surface area (Å²) in [5.41, 5.74) is 0.751. The van der Waals surface area contributed by atoms with E-state index in [2.05, 4.69) is 9.17 Å². The first-order valence-electron chi connectivity index (χ1n) is 4.78. The second-order valence-corrected chi connectivity index (χ2v) is 4.57. The summed E-state index contributed by atoms with van der Waals surface area (Å²) in [5, 5.41) is 4.80. The molecule has 0 aliphatic rings. The van der Waals surface area contributed by atoms with Gasteiger partial charge in [-0.1, -0.05) is 6.07 Å². The molecule has 0 spiro atoms. The van der Waals surface area contributed by atoms with Crippen molar-refractivity contribution in [2.75, 3.05) is 0 Å². The molecule has 2 N–H and O–H groups in total. The van der Waals surface area contributed by atoms with E-state index < -0.39 is 10.3 Å². The van der Waals surface area contributed by atoms with Gasteiger partial charge in [-0.15, -0.1) is 12.4 Å². The van der Waals surface area contributed by atoms with E-state index in [1.54, 1.807) is 29.1 Å². The smallest absolute Gasteiger partial charge is 0.371 e. The predicted octanol–water partition coefficient (Wildman–Crippen LogP) is 1.18. The SMILES string of the molecule is Cc1nccn1-c1cccc(OS(N)(=O)=O)c1.Cl. The molecule has 8 heteroatoms. The summed E-state index contributed by atoms with van der Waals surface area (Å²) in [6.07, 6.45) is 3.42. The highest BCUT2D eigenvalue weighted by Gasteiger charge is 2.07. The summed E-state index contributed by atoms with van der Waals surface area (Å²) >= 11 is 0. The maximum atomic E-state index is 10.8. The number of benzene rings is 1. The third-order valence-corrected chi connectivity index (χ3v) is 2.56. The normalized spacial score (nSPS) is 10.8. The summed E-state index contributed by atoms with van der Waals surface area (Å²) in [6.45, 7) is 1.84. The summed E-state index contributed by atoms with van der Waals surface area (Å²) in [4.78, 5) is 4.08. The molecular weight excluding hydrogens is 278 g/mol. The third-order valence-electron chi connectivity index (χ3n) is 2.13. The Hall–Kier alpha value is -1.57. The first-order chi connectivity index (χ1) is 7.96. The number of imidazole rings is 1. The van der Waals surface area contributed by atoms with E-state index >= 15 is 0 Å². The number of aromatic nitrogens is 2. The van der Waals surface area contributed by atoms with Crippen LogP contribution in [0.15, 0.2) is 36.7 Å². The Morgan fingerprint density at radius 3 is 2.67 bits per heavy atom. The molecule has 0 aliphatic carbocycles. The van der Waals surface area contributed by atoms with Crippen LogP contribution in [0.4, 0.5) is 0 Å². The molecule has 6 nitrogen and oxygen atoms in total. The van der Waals surface area contributed by atoms with Gasteiger partial charge in [-0.3, -0.25) is 0 Å². The number of halogens is 1. The van der Waals surface area contributed by atoms with Crippen LogP contribution in [0.2, 0.25) is 0 Å².